The van der Waals surface area contributed by atoms with E-state index < -0.39 is 11.7 Å². The molecule has 4 rings (SSSR count). The van der Waals surface area contributed by atoms with Crippen molar-refractivity contribution in [3.05, 3.63) is 107 Å². The van der Waals surface area contributed by atoms with Crippen molar-refractivity contribution in [3.8, 4) is 0 Å². The summed E-state index contributed by atoms with van der Waals surface area (Å²) in [5.74, 6) is 0. The number of hydrogen-bond donors (Lipinski definition) is 0. The summed E-state index contributed by atoms with van der Waals surface area (Å²) < 4.78 is 39.2. The lowest BCUT2D eigenvalue weighted by Gasteiger charge is -2.39. The molecule has 0 aliphatic carbocycles. The largest absolute Gasteiger partial charge is 0.416 e. The molecule has 3 aromatic rings. The van der Waals surface area contributed by atoms with E-state index in [-0.39, 0.29) is 0 Å². The molecule has 0 unspecified atom stereocenters. The monoisotopic (exact) mass is 508 g/mol. The van der Waals surface area contributed by atoms with E-state index in [0.29, 0.717) is 12.6 Å². The Morgan fingerprint density at radius 1 is 0.730 bits per heavy atom. The highest BCUT2D eigenvalue weighted by Gasteiger charge is 2.30. The van der Waals surface area contributed by atoms with E-state index in [4.69, 9.17) is 0 Å². The van der Waals surface area contributed by atoms with Crippen molar-refractivity contribution in [2.24, 2.45) is 0 Å². The van der Waals surface area contributed by atoms with Crippen molar-refractivity contribution in [1.29, 1.82) is 0 Å². The van der Waals surface area contributed by atoms with E-state index in [1.54, 1.807) is 12.1 Å². The molecular formula is C32H39F3N2. The molecule has 0 spiro atoms. The van der Waals surface area contributed by atoms with Gasteiger partial charge in [-0.25, -0.2) is 0 Å². The van der Waals surface area contributed by atoms with Crippen molar-refractivity contribution in [3.63, 3.8) is 0 Å². The molecule has 0 aromatic heterocycles. The quantitative estimate of drug-likeness (QED) is 0.241. The lowest BCUT2D eigenvalue weighted by atomic mass is 9.99. The molecule has 5 heteroatoms. The molecule has 1 aliphatic rings. The van der Waals surface area contributed by atoms with Gasteiger partial charge in [-0.1, -0.05) is 86.5 Å². The maximum absolute atomic E-state index is 13.1. The summed E-state index contributed by atoms with van der Waals surface area (Å²) in [5, 5.41) is 0. The van der Waals surface area contributed by atoms with Crippen LogP contribution in [0.2, 0.25) is 0 Å². The number of unbranched alkanes of at least 4 members (excludes halogenated alkanes) is 2. The molecule has 1 heterocycles. The molecule has 0 N–H and O–H groups in total. The van der Waals surface area contributed by atoms with Crippen LogP contribution in [0, 0.1) is 0 Å². The fraction of sp³-hybridized carbons (Fsp3) is 0.438. The number of rotatable bonds is 11. The lowest BCUT2D eigenvalue weighted by molar-refractivity contribution is -0.137. The van der Waals surface area contributed by atoms with E-state index >= 15 is 0 Å². The van der Waals surface area contributed by atoms with Gasteiger partial charge in [-0.2, -0.15) is 13.2 Å². The molecule has 0 amide bonds. The molecule has 198 valence electrons. The third-order valence-electron chi connectivity index (χ3n) is 7.47. The first kappa shape index (κ1) is 27.4. The summed E-state index contributed by atoms with van der Waals surface area (Å²) in [6.07, 6.45) is 2.63. The van der Waals surface area contributed by atoms with Gasteiger partial charge in [0.15, 0.2) is 0 Å². The first-order valence-electron chi connectivity index (χ1n) is 13.6. The SMILES string of the molecule is CCCCCc1ccc(CN(Cc2ccc(C(F)(F)F)cc2)C2CCN(Cc3ccccc3)CC2)cc1. The minimum atomic E-state index is -4.30. The van der Waals surface area contributed by atoms with E-state index in [1.165, 1.54) is 48.1 Å². The van der Waals surface area contributed by atoms with Crippen LogP contribution >= 0.6 is 0 Å². The van der Waals surface area contributed by atoms with Crippen LogP contribution in [0.3, 0.4) is 0 Å². The Bertz CT molecular complexity index is 1050. The Kier molecular flexibility index (Phi) is 9.81. The average molecular weight is 509 g/mol. The smallest absolute Gasteiger partial charge is 0.299 e. The first-order chi connectivity index (χ1) is 17.9. The lowest BCUT2D eigenvalue weighted by Crippen LogP contribution is -2.44. The van der Waals surface area contributed by atoms with Gasteiger partial charge in [-0.15, -0.1) is 0 Å². The number of likely N-dealkylation sites (tertiary alicyclic amines) is 1. The number of alkyl halides is 3. The highest BCUT2D eigenvalue weighted by Crippen LogP contribution is 2.30. The van der Waals surface area contributed by atoms with Gasteiger partial charge in [0.1, 0.15) is 0 Å². The van der Waals surface area contributed by atoms with Crippen LogP contribution in [0.4, 0.5) is 13.2 Å². The van der Waals surface area contributed by atoms with Gasteiger partial charge >= 0.3 is 6.18 Å². The number of benzene rings is 3. The highest BCUT2D eigenvalue weighted by atomic mass is 19.4. The third kappa shape index (κ3) is 8.44. The molecule has 0 bridgehead atoms. The second kappa shape index (κ2) is 13.3. The molecular weight excluding hydrogens is 469 g/mol. The molecule has 1 saturated heterocycles. The number of aryl methyl sites for hydroxylation is 1. The summed E-state index contributed by atoms with van der Waals surface area (Å²) >= 11 is 0. The zero-order valence-corrected chi connectivity index (χ0v) is 21.9. The van der Waals surface area contributed by atoms with Crippen LogP contribution in [0.25, 0.3) is 0 Å². The summed E-state index contributed by atoms with van der Waals surface area (Å²) in [6, 6.07) is 25.6. The van der Waals surface area contributed by atoms with E-state index in [9.17, 15) is 13.2 Å². The van der Waals surface area contributed by atoms with Gasteiger partial charge < -0.3 is 0 Å². The Morgan fingerprint density at radius 3 is 1.86 bits per heavy atom. The second-order valence-corrected chi connectivity index (χ2v) is 10.4. The number of nitrogens with zero attached hydrogens (tertiary/aromatic N) is 2. The zero-order valence-electron chi connectivity index (χ0n) is 21.9. The second-order valence-electron chi connectivity index (χ2n) is 10.4. The van der Waals surface area contributed by atoms with Gasteiger partial charge in [0.05, 0.1) is 5.56 Å². The van der Waals surface area contributed by atoms with Crippen LogP contribution in [0.1, 0.15) is 66.8 Å². The summed E-state index contributed by atoms with van der Waals surface area (Å²) in [7, 11) is 0. The topological polar surface area (TPSA) is 6.48 Å². The maximum atomic E-state index is 13.1. The van der Waals surface area contributed by atoms with Crippen molar-refractivity contribution in [1.82, 2.24) is 9.80 Å². The fourth-order valence-electron chi connectivity index (χ4n) is 5.26. The predicted molar refractivity (Wildman–Crippen MR) is 145 cm³/mol. The Labute approximate surface area is 220 Å². The van der Waals surface area contributed by atoms with Crippen molar-refractivity contribution < 1.29 is 13.2 Å². The minimum absolute atomic E-state index is 0.401. The summed E-state index contributed by atoms with van der Waals surface area (Å²) in [6.45, 7) is 6.70. The molecule has 0 saturated carbocycles. The van der Waals surface area contributed by atoms with Crippen molar-refractivity contribution >= 4 is 0 Å². The molecule has 2 nitrogen and oxygen atoms in total. The van der Waals surface area contributed by atoms with E-state index in [2.05, 4.69) is 65.3 Å². The maximum Gasteiger partial charge on any atom is 0.416 e. The Morgan fingerprint density at radius 2 is 1.30 bits per heavy atom. The molecule has 1 fully saturated rings. The van der Waals surface area contributed by atoms with Gasteiger partial charge in [0, 0.05) is 25.7 Å². The Hall–Kier alpha value is -2.63. The first-order valence-corrected chi connectivity index (χ1v) is 13.6. The van der Waals surface area contributed by atoms with Gasteiger partial charge in [-0.05, 0) is 73.2 Å². The molecule has 3 aromatic carbocycles. The Balaban J connectivity index is 1.42. The predicted octanol–water partition coefficient (Wildman–Crippen LogP) is 8.10. The van der Waals surface area contributed by atoms with Crippen molar-refractivity contribution in [2.45, 2.75) is 77.3 Å². The summed E-state index contributed by atoms with van der Waals surface area (Å²) in [4.78, 5) is 4.97. The normalized spacial score (nSPS) is 15.4. The standard InChI is InChI=1S/C32H39F3N2/c1-2-3-5-8-26-11-13-28(14-12-26)24-37(25-29-15-17-30(18-16-29)32(33,34)35)31-19-21-36(22-20-31)23-27-9-6-4-7-10-27/h4,6-7,9-18,31H,2-3,5,8,19-25H2,1H3. The van der Waals surface area contributed by atoms with Gasteiger partial charge in [0.2, 0.25) is 0 Å². The van der Waals surface area contributed by atoms with Crippen LogP contribution in [0.15, 0.2) is 78.9 Å². The van der Waals surface area contributed by atoms with Crippen LogP contribution in [0.5, 0.6) is 0 Å². The van der Waals surface area contributed by atoms with E-state index in [0.717, 1.165) is 51.0 Å². The van der Waals surface area contributed by atoms with Crippen LogP contribution in [-0.4, -0.2) is 28.9 Å². The molecule has 0 radical (unpaired) electrons. The molecule has 1 aliphatic heterocycles. The van der Waals surface area contributed by atoms with Crippen molar-refractivity contribution in [2.75, 3.05) is 13.1 Å². The summed E-state index contributed by atoms with van der Waals surface area (Å²) in [5.41, 5.74) is 4.31. The molecule has 0 atom stereocenters. The number of piperidine rings is 1. The number of hydrogen-bond acceptors (Lipinski definition) is 2. The zero-order chi connectivity index (χ0) is 26.1. The van der Waals surface area contributed by atoms with Gasteiger partial charge in [0.25, 0.3) is 0 Å². The van der Waals surface area contributed by atoms with Crippen LogP contribution < -0.4 is 0 Å². The van der Waals surface area contributed by atoms with E-state index in [1.807, 2.05) is 6.07 Å². The fourth-order valence-corrected chi connectivity index (χ4v) is 5.26. The highest BCUT2D eigenvalue weighted by molar-refractivity contribution is 5.26. The number of halogens is 3. The molecule has 37 heavy (non-hydrogen) atoms. The average Bonchev–Trinajstić information content (AvgIpc) is 2.90. The third-order valence-corrected chi connectivity index (χ3v) is 7.47. The van der Waals surface area contributed by atoms with Crippen LogP contribution in [-0.2, 0) is 32.2 Å². The van der Waals surface area contributed by atoms with Gasteiger partial charge in [-0.3, -0.25) is 9.80 Å². The minimum Gasteiger partial charge on any atom is -0.299 e.